The summed E-state index contributed by atoms with van der Waals surface area (Å²) in [5, 5.41) is 3.94. The van der Waals surface area contributed by atoms with Crippen molar-refractivity contribution < 1.29 is 9.53 Å². The summed E-state index contributed by atoms with van der Waals surface area (Å²) in [5.74, 6) is -0.268. The van der Waals surface area contributed by atoms with Gasteiger partial charge in [-0.15, -0.1) is 0 Å². The number of aromatic nitrogens is 2. The van der Waals surface area contributed by atoms with Crippen LogP contribution in [-0.4, -0.2) is 38.7 Å². The SMILES string of the molecule is CCOC(=O)CN1C(=S)N[C@@H](c2ccccn2)[C@@H]1c1ccn(C2CCCCC2)c1. The fraction of sp³-hybridized carbons (Fsp3) is 0.500. The van der Waals surface area contributed by atoms with Gasteiger partial charge in [0.2, 0.25) is 0 Å². The zero-order chi connectivity index (χ0) is 20.2. The summed E-state index contributed by atoms with van der Waals surface area (Å²) in [6, 6.07) is 8.38. The van der Waals surface area contributed by atoms with Gasteiger partial charge in [0.25, 0.3) is 0 Å². The van der Waals surface area contributed by atoms with Gasteiger partial charge >= 0.3 is 5.97 Å². The van der Waals surface area contributed by atoms with Crippen LogP contribution in [0.2, 0.25) is 0 Å². The molecule has 154 valence electrons. The molecule has 1 N–H and O–H groups in total. The van der Waals surface area contributed by atoms with Crippen LogP contribution in [0.25, 0.3) is 0 Å². The average molecular weight is 413 g/mol. The molecule has 3 heterocycles. The van der Waals surface area contributed by atoms with E-state index in [1.807, 2.05) is 30.0 Å². The van der Waals surface area contributed by atoms with Crippen LogP contribution in [0.1, 0.15) is 68.4 Å². The van der Waals surface area contributed by atoms with E-state index in [1.54, 1.807) is 6.20 Å². The summed E-state index contributed by atoms with van der Waals surface area (Å²) < 4.78 is 7.53. The van der Waals surface area contributed by atoms with Crippen molar-refractivity contribution in [3.63, 3.8) is 0 Å². The molecule has 4 rings (SSSR count). The molecule has 2 aromatic heterocycles. The normalized spacial score (nSPS) is 22.5. The molecular weight excluding hydrogens is 384 g/mol. The van der Waals surface area contributed by atoms with Crippen LogP contribution in [0.3, 0.4) is 0 Å². The first-order valence-corrected chi connectivity index (χ1v) is 10.9. The molecule has 1 aliphatic carbocycles. The van der Waals surface area contributed by atoms with E-state index in [4.69, 9.17) is 17.0 Å². The van der Waals surface area contributed by atoms with Crippen LogP contribution in [0.15, 0.2) is 42.9 Å². The fourth-order valence-corrected chi connectivity index (χ4v) is 4.80. The van der Waals surface area contributed by atoms with Gasteiger partial charge in [-0.3, -0.25) is 9.78 Å². The zero-order valence-corrected chi connectivity index (χ0v) is 17.6. The van der Waals surface area contributed by atoms with Crippen molar-refractivity contribution in [1.29, 1.82) is 0 Å². The molecule has 29 heavy (non-hydrogen) atoms. The molecule has 2 fully saturated rings. The number of nitrogens with zero attached hydrogens (tertiary/aromatic N) is 3. The van der Waals surface area contributed by atoms with Gasteiger partial charge in [0, 0.05) is 24.6 Å². The van der Waals surface area contributed by atoms with Gasteiger partial charge < -0.3 is 19.5 Å². The molecule has 0 aromatic carbocycles. The Hall–Kier alpha value is -2.41. The zero-order valence-electron chi connectivity index (χ0n) is 16.8. The number of hydrogen-bond donors (Lipinski definition) is 1. The quantitative estimate of drug-likeness (QED) is 0.573. The Morgan fingerprint density at radius 3 is 2.83 bits per heavy atom. The molecule has 2 aliphatic rings. The molecular formula is C22H28N4O2S. The number of thiocarbonyl (C=S) groups is 1. The monoisotopic (exact) mass is 412 g/mol. The van der Waals surface area contributed by atoms with Crippen LogP contribution in [0.5, 0.6) is 0 Å². The molecule has 1 saturated heterocycles. The lowest BCUT2D eigenvalue weighted by Gasteiger charge is -2.27. The van der Waals surface area contributed by atoms with E-state index in [1.165, 1.54) is 32.1 Å². The molecule has 0 unspecified atom stereocenters. The van der Waals surface area contributed by atoms with Gasteiger partial charge in [-0.1, -0.05) is 25.3 Å². The Balaban J connectivity index is 1.64. The van der Waals surface area contributed by atoms with Crippen molar-refractivity contribution in [3.05, 3.63) is 54.1 Å². The van der Waals surface area contributed by atoms with Crippen molar-refractivity contribution in [3.8, 4) is 0 Å². The highest BCUT2D eigenvalue weighted by atomic mass is 32.1. The molecule has 0 spiro atoms. The third-order valence-electron chi connectivity index (χ3n) is 5.88. The number of carbonyl (C=O) groups is 1. The minimum absolute atomic E-state index is 0.105. The first-order chi connectivity index (χ1) is 14.2. The van der Waals surface area contributed by atoms with E-state index in [0.717, 1.165) is 11.3 Å². The van der Waals surface area contributed by atoms with Crippen LogP contribution >= 0.6 is 12.2 Å². The molecule has 1 saturated carbocycles. The summed E-state index contributed by atoms with van der Waals surface area (Å²) in [7, 11) is 0. The standard InChI is InChI=1S/C22H28N4O2S/c1-2-28-19(27)15-26-21(20(24-22(26)29)18-10-6-7-12-23-18)16-11-13-25(14-16)17-8-4-3-5-9-17/h6-7,10-14,17,20-21H,2-5,8-9,15H2,1H3,(H,24,29)/t20-,21-/m0/s1. The number of esters is 1. The maximum atomic E-state index is 12.2. The smallest absolute Gasteiger partial charge is 0.325 e. The summed E-state index contributed by atoms with van der Waals surface area (Å²) in [6.45, 7) is 2.30. The van der Waals surface area contributed by atoms with E-state index in [-0.39, 0.29) is 24.6 Å². The second-order valence-electron chi connectivity index (χ2n) is 7.74. The number of ether oxygens (including phenoxy) is 1. The van der Waals surface area contributed by atoms with Crippen LogP contribution in [-0.2, 0) is 9.53 Å². The minimum Gasteiger partial charge on any atom is -0.465 e. The maximum Gasteiger partial charge on any atom is 0.325 e. The lowest BCUT2D eigenvalue weighted by atomic mass is 9.95. The molecule has 2 aromatic rings. The van der Waals surface area contributed by atoms with Crippen molar-refractivity contribution in [2.75, 3.05) is 13.2 Å². The van der Waals surface area contributed by atoms with Crippen LogP contribution in [0.4, 0.5) is 0 Å². The first-order valence-electron chi connectivity index (χ1n) is 10.5. The molecule has 1 aliphatic heterocycles. The first kappa shape index (κ1) is 19.9. The second-order valence-corrected chi connectivity index (χ2v) is 8.13. The number of carbonyl (C=O) groups excluding carboxylic acids is 1. The Morgan fingerprint density at radius 1 is 1.28 bits per heavy atom. The van der Waals surface area contributed by atoms with Gasteiger partial charge in [-0.2, -0.15) is 0 Å². The number of nitrogens with one attached hydrogen (secondary N) is 1. The van der Waals surface area contributed by atoms with Gasteiger partial charge in [-0.05, 0) is 55.7 Å². The number of pyridine rings is 1. The highest BCUT2D eigenvalue weighted by molar-refractivity contribution is 7.80. The summed E-state index contributed by atoms with van der Waals surface area (Å²) in [4.78, 5) is 18.7. The summed E-state index contributed by atoms with van der Waals surface area (Å²) in [5.41, 5.74) is 2.06. The van der Waals surface area contributed by atoms with Crippen LogP contribution in [0, 0.1) is 0 Å². The Labute approximate surface area is 177 Å². The van der Waals surface area contributed by atoms with Gasteiger partial charge in [0.1, 0.15) is 6.54 Å². The molecule has 0 bridgehead atoms. The lowest BCUT2D eigenvalue weighted by Crippen LogP contribution is -2.35. The largest absolute Gasteiger partial charge is 0.465 e. The Kier molecular flexibility index (Phi) is 6.13. The van der Waals surface area contributed by atoms with Crippen molar-refractivity contribution >= 4 is 23.3 Å². The highest BCUT2D eigenvalue weighted by Crippen LogP contribution is 2.39. The van der Waals surface area contributed by atoms with E-state index in [0.29, 0.717) is 17.8 Å². The van der Waals surface area contributed by atoms with Crippen molar-refractivity contribution in [2.45, 2.75) is 57.2 Å². The number of hydrogen-bond acceptors (Lipinski definition) is 4. The van der Waals surface area contributed by atoms with E-state index >= 15 is 0 Å². The molecule has 0 radical (unpaired) electrons. The highest BCUT2D eigenvalue weighted by Gasteiger charge is 2.41. The van der Waals surface area contributed by atoms with E-state index in [2.05, 4.69) is 33.3 Å². The molecule has 0 amide bonds. The van der Waals surface area contributed by atoms with E-state index in [9.17, 15) is 4.79 Å². The number of rotatable bonds is 6. The maximum absolute atomic E-state index is 12.2. The molecule has 6 nitrogen and oxygen atoms in total. The lowest BCUT2D eigenvalue weighted by molar-refractivity contribution is -0.143. The van der Waals surface area contributed by atoms with Gasteiger partial charge in [0.15, 0.2) is 5.11 Å². The summed E-state index contributed by atoms with van der Waals surface area (Å²) >= 11 is 5.60. The minimum atomic E-state index is -0.268. The third kappa shape index (κ3) is 4.29. The van der Waals surface area contributed by atoms with Crippen molar-refractivity contribution in [1.82, 2.24) is 19.8 Å². The van der Waals surface area contributed by atoms with Gasteiger partial charge in [-0.25, -0.2) is 0 Å². The molecule has 7 heteroatoms. The second kappa shape index (κ2) is 8.95. The van der Waals surface area contributed by atoms with Crippen LogP contribution < -0.4 is 5.32 Å². The predicted molar refractivity (Wildman–Crippen MR) is 115 cm³/mol. The Morgan fingerprint density at radius 2 is 2.10 bits per heavy atom. The predicted octanol–water partition coefficient (Wildman–Crippen LogP) is 3.92. The summed E-state index contributed by atoms with van der Waals surface area (Å²) in [6.07, 6.45) is 12.6. The topological polar surface area (TPSA) is 59.4 Å². The van der Waals surface area contributed by atoms with Gasteiger partial charge in [0.05, 0.1) is 24.4 Å². The fourth-order valence-electron chi connectivity index (χ4n) is 4.50. The van der Waals surface area contributed by atoms with Crippen molar-refractivity contribution in [2.24, 2.45) is 0 Å². The Bertz CT molecular complexity index is 848. The molecule has 2 atom stereocenters. The third-order valence-corrected chi connectivity index (χ3v) is 6.23. The average Bonchev–Trinajstić information content (AvgIpc) is 3.35. The van der Waals surface area contributed by atoms with E-state index < -0.39 is 0 Å².